The van der Waals surface area contributed by atoms with Crippen LogP contribution < -0.4 is 9.47 Å². The first-order chi connectivity index (χ1) is 16.2. The molecule has 1 aromatic heterocycles. The van der Waals surface area contributed by atoms with E-state index in [0.717, 1.165) is 29.8 Å². The summed E-state index contributed by atoms with van der Waals surface area (Å²) < 4.78 is 46.8. The highest BCUT2D eigenvalue weighted by Crippen LogP contribution is 2.25. The monoisotopic (exact) mass is 473 g/mol. The smallest absolute Gasteiger partial charge is 0.489 e. The Bertz CT molecular complexity index is 1150. The van der Waals surface area contributed by atoms with Crippen molar-refractivity contribution in [2.75, 3.05) is 13.1 Å². The molecule has 0 amide bonds. The highest BCUT2D eigenvalue weighted by atomic mass is 19.4. The summed E-state index contributed by atoms with van der Waals surface area (Å²) in [5.41, 5.74) is 3.31. The van der Waals surface area contributed by atoms with Crippen LogP contribution >= 0.6 is 0 Å². The van der Waals surface area contributed by atoms with Gasteiger partial charge in [0.1, 0.15) is 18.1 Å². The van der Waals surface area contributed by atoms with Gasteiger partial charge in [0.15, 0.2) is 5.82 Å². The number of halogens is 3. The Morgan fingerprint density at radius 1 is 1.12 bits per heavy atom. The molecular formula is C24H22F3N3O4. The fraction of sp³-hybridized carbons (Fsp3) is 0.292. The van der Waals surface area contributed by atoms with Gasteiger partial charge in [-0.05, 0) is 42.0 Å². The van der Waals surface area contributed by atoms with Crippen LogP contribution in [0.4, 0.5) is 13.2 Å². The van der Waals surface area contributed by atoms with E-state index >= 15 is 0 Å². The van der Waals surface area contributed by atoms with Crippen molar-refractivity contribution in [2.45, 2.75) is 32.4 Å². The Kier molecular flexibility index (Phi) is 6.97. The molecule has 0 spiro atoms. The zero-order chi connectivity index (χ0) is 24.1. The van der Waals surface area contributed by atoms with E-state index in [1.807, 2.05) is 12.1 Å². The first-order valence-corrected chi connectivity index (χ1v) is 10.6. The predicted octanol–water partition coefficient (Wildman–Crippen LogP) is 4.45. The standard InChI is InChI=1S/C24H22F3N3O4/c25-24(26,27)34-20-3-1-2-16(12-20)15-33-19-6-4-17(5-7-19)23-28-13-18-14-30(11-9-22(31)32)10-8-21(18)29-23/h1-7,12-13H,8-11,14-15H2,(H,31,32). The molecule has 34 heavy (non-hydrogen) atoms. The number of fused-ring (bicyclic) bond motifs is 1. The molecule has 2 aromatic carbocycles. The van der Waals surface area contributed by atoms with Crippen LogP contribution in [0.25, 0.3) is 11.4 Å². The minimum atomic E-state index is -4.74. The van der Waals surface area contributed by atoms with Gasteiger partial charge >= 0.3 is 12.3 Å². The van der Waals surface area contributed by atoms with Gasteiger partial charge in [-0.2, -0.15) is 0 Å². The fourth-order valence-corrected chi connectivity index (χ4v) is 3.66. The lowest BCUT2D eigenvalue weighted by Gasteiger charge is -2.27. The van der Waals surface area contributed by atoms with Crippen LogP contribution in [0.1, 0.15) is 23.2 Å². The Morgan fingerprint density at radius 2 is 1.91 bits per heavy atom. The number of alkyl halides is 3. The lowest BCUT2D eigenvalue weighted by Crippen LogP contribution is -2.33. The zero-order valence-electron chi connectivity index (χ0n) is 18.1. The van der Waals surface area contributed by atoms with Gasteiger partial charge < -0.3 is 14.6 Å². The quantitative estimate of drug-likeness (QED) is 0.517. The lowest BCUT2D eigenvalue weighted by molar-refractivity contribution is -0.274. The van der Waals surface area contributed by atoms with Crippen LogP contribution in [0.3, 0.4) is 0 Å². The van der Waals surface area contributed by atoms with Gasteiger partial charge in [-0.3, -0.25) is 9.69 Å². The van der Waals surface area contributed by atoms with Gasteiger partial charge in [-0.15, -0.1) is 13.2 Å². The second-order valence-electron chi connectivity index (χ2n) is 7.84. The maximum Gasteiger partial charge on any atom is 0.573 e. The second kappa shape index (κ2) is 10.1. The van der Waals surface area contributed by atoms with E-state index < -0.39 is 12.3 Å². The van der Waals surface area contributed by atoms with Crippen molar-refractivity contribution < 1.29 is 32.5 Å². The molecule has 4 rings (SSSR count). The molecule has 3 aromatic rings. The number of aliphatic carboxylic acids is 1. The molecular weight excluding hydrogens is 451 g/mol. The average Bonchev–Trinajstić information content (AvgIpc) is 2.80. The number of carboxylic acid groups (broad SMARTS) is 1. The van der Waals surface area contributed by atoms with Crippen LogP contribution in [0.2, 0.25) is 0 Å². The number of rotatable bonds is 8. The number of benzene rings is 2. The molecule has 0 unspecified atom stereocenters. The largest absolute Gasteiger partial charge is 0.573 e. The summed E-state index contributed by atoms with van der Waals surface area (Å²) >= 11 is 0. The summed E-state index contributed by atoms with van der Waals surface area (Å²) in [5.74, 6) is 0.0338. The number of hydrogen-bond donors (Lipinski definition) is 1. The van der Waals surface area contributed by atoms with Gasteiger partial charge in [0.05, 0.1) is 12.1 Å². The van der Waals surface area contributed by atoms with Crippen LogP contribution in [0.15, 0.2) is 54.7 Å². The van der Waals surface area contributed by atoms with Crippen molar-refractivity contribution in [3.05, 3.63) is 71.5 Å². The number of aromatic nitrogens is 2. The van der Waals surface area contributed by atoms with E-state index in [9.17, 15) is 18.0 Å². The highest BCUT2D eigenvalue weighted by molar-refractivity contribution is 5.66. The van der Waals surface area contributed by atoms with Crippen molar-refractivity contribution in [3.8, 4) is 22.9 Å². The molecule has 0 aliphatic carbocycles. The Hall–Kier alpha value is -3.66. The topological polar surface area (TPSA) is 84.8 Å². The second-order valence-corrected chi connectivity index (χ2v) is 7.84. The number of carboxylic acids is 1. The van der Waals surface area contributed by atoms with Crippen LogP contribution in [0.5, 0.6) is 11.5 Å². The van der Waals surface area contributed by atoms with E-state index in [4.69, 9.17) is 9.84 Å². The Labute approximate surface area is 193 Å². The summed E-state index contributed by atoms with van der Waals surface area (Å²) in [5, 5.41) is 8.86. The third-order valence-corrected chi connectivity index (χ3v) is 5.30. The van der Waals surface area contributed by atoms with Crippen molar-refractivity contribution >= 4 is 5.97 Å². The molecule has 2 heterocycles. The van der Waals surface area contributed by atoms with Gasteiger partial charge in [0.2, 0.25) is 0 Å². The van der Waals surface area contributed by atoms with E-state index in [1.165, 1.54) is 18.2 Å². The van der Waals surface area contributed by atoms with E-state index in [1.54, 1.807) is 24.4 Å². The van der Waals surface area contributed by atoms with Crippen LogP contribution in [-0.2, 0) is 24.4 Å². The molecule has 0 bridgehead atoms. The van der Waals surface area contributed by atoms with Crippen LogP contribution in [-0.4, -0.2) is 45.4 Å². The maximum absolute atomic E-state index is 12.4. The normalized spacial score (nSPS) is 13.9. The van der Waals surface area contributed by atoms with Gasteiger partial charge in [0, 0.05) is 43.4 Å². The van der Waals surface area contributed by atoms with E-state index in [2.05, 4.69) is 19.6 Å². The Balaban J connectivity index is 1.36. The summed E-state index contributed by atoms with van der Waals surface area (Å²) in [6.45, 7) is 1.96. The molecule has 10 heteroatoms. The lowest BCUT2D eigenvalue weighted by atomic mass is 10.1. The van der Waals surface area contributed by atoms with Gasteiger partial charge in [-0.1, -0.05) is 12.1 Å². The first kappa shape index (κ1) is 23.5. The van der Waals surface area contributed by atoms with Crippen molar-refractivity contribution in [1.82, 2.24) is 14.9 Å². The Morgan fingerprint density at radius 3 is 2.65 bits per heavy atom. The van der Waals surface area contributed by atoms with E-state index in [-0.39, 0.29) is 18.8 Å². The minimum absolute atomic E-state index is 0.0854. The number of nitrogens with zero attached hydrogens (tertiary/aromatic N) is 3. The predicted molar refractivity (Wildman–Crippen MR) is 116 cm³/mol. The summed E-state index contributed by atoms with van der Waals surface area (Å²) in [6.07, 6.45) is -2.13. The first-order valence-electron chi connectivity index (χ1n) is 10.6. The zero-order valence-corrected chi connectivity index (χ0v) is 18.1. The molecule has 1 aliphatic heterocycles. The number of hydrogen-bond acceptors (Lipinski definition) is 6. The summed E-state index contributed by atoms with van der Waals surface area (Å²) in [7, 11) is 0. The maximum atomic E-state index is 12.4. The summed E-state index contributed by atoms with van der Waals surface area (Å²) in [4.78, 5) is 22.0. The minimum Gasteiger partial charge on any atom is -0.489 e. The molecule has 0 saturated carbocycles. The molecule has 0 radical (unpaired) electrons. The van der Waals surface area contributed by atoms with Crippen molar-refractivity contribution in [2.24, 2.45) is 0 Å². The van der Waals surface area contributed by atoms with Crippen LogP contribution in [0, 0.1) is 0 Å². The molecule has 178 valence electrons. The van der Waals surface area contributed by atoms with Crippen molar-refractivity contribution in [3.63, 3.8) is 0 Å². The molecule has 0 fully saturated rings. The summed E-state index contributed by atoms with van der Waals surface area (Å²) in [6, 6.07) is 12.8. The number of carbonyl (C=O) groups is 1. The molecule has 7 nitrogen and oxygen atoms in total. The third-order valence-electron chi connectivity index (χ3n) is 5.30. The average molecular weight is 473 g/mol. The molecule has 0 saturated heterocycles. The van der Waals surface area contributed by atoms with Gasteiger partial charge in [-0.25, -0.2) is 9.97 Å². The highest BCUT2D eigenvalue weighted by Gasteiger charge is 2.31. The number of ether oxygens (including phenoxy) is 2. The molecule has 0 atom stereocenters. The SMILES string of the molecule is O=C(O)CCN1CCc2nc(-c3ccc(OCc4cccc(OC(F)(F)F)c4)cc3)ncc2C1. The van der Waals surface area contributed by atoms with Crippen molar-refractivity contribution in [1.29, 1.82) is 0 Å². The van der Waals surface area contributed by atoms with Gasteiger partial charge in [0.25, 0.3) is 0 Å². The third kappa shape index (κ3) is 6.44. The van der Waals surface area contributed by atoms with E-state index in [0.29, 0.717) is 30.2 Å². The fourth-order valence-electron chi connectivity index (χ4n) is 3.66. The molecule has 1 aliphatic rings. The molecule has 1 N–H and O–H groups in total.